The molecule has 1 unspecified atom stereocenters. The first-order valence-electron chi connectivity index (χ1n) is 16.2. The summed E-state index contributed by atoms with van der Waals surface area (Å²) in [6, 6.07) is 30.0. The van der Waals surface area contributed by atoms with E-state index in [1.54, 1.807) is 30.5 Å². The molecule has 0 bridgehead atoms. The Morgan fingerprint density at radius 2 is 1.58 bits per heavy atom. The molecule has 10 heteroatoms. The summed E-state index contributed by atoms with van der Waals surface area (Å²) in [4.78, 5) is 46.1. The van der Waals surface area contributed by atoms with Crippen LogP contribution in [0.15, 0.2) is 109 Å². The minimum absolute atomic E-state index is 0.125. The van der Waals surface area contributed by atoms with Crippen LogP contribution in [0.2, 0.25) is 0 Å². The van der Waals surface area contributed by atoms with E-state index in [9.17, 15) is 14.4 Å². The number of carbonyl (C=O) groups excluding carboxylic acids is 3. The van der Waals surface area contributed by atoms with Crippen molar-refractivity contribution in [2.24, 2.45) is 0 Å². The van der Waals surface area contributed by atoms with Gasteiger partial charge in [0.05, 0.1) is 37.5 Å². The molecule has 0 aliphatic carbocycles. The van der Waals surface area contributed by atoms with Crippen LogP contribution in [0, 0.1) is 0 Å². The highest BCUT2D eigenvalue weighted by Gasteiger charge is 2.32. The number of benzene rings is 4. The van der Waals surface area contributed by atoms with Crippen LogP contribution in [0.3, 0.4) is 0 Å². The van der Waals surface area contributed by atoms with Crippen molar-refractivity contribution >= 4 is 29.0 Å². The minimum Gasteiger partial charge on any atom is -0.493 e. The van der Waals surface area contributed by atoms with Crippen LogP contribution in [0.1, 0.15) is 38.3 Å². The lowest BCUT2D eigenvalue weighted by Gasteiger charge is -2.25. The molecule has 0 fully saturated rings. The Labute approximate surface area is 291 Å². The van der Waals surface area contributed by atoms with Gasteiger partial charge in [-0.05, 0) is 72.1 Å². The molecule has 1 aliphatic heterocycles. The number of amides is 2. The lowest BCUT2D eigenvalue weighted by Crippen LogP contribution is -2.38. The second-order valence-electron chi connectivity index (χ2n) is 12.0. The number of nitrogens with zero attached hydrogens (tertiary/aromatic N) is 2. The Morgan fingerprint density at radius 1 is 0.860 bits per heavy atom. The fourth-order valence-electron chi connectivity index (χ4n) is 5.80. The van der Waals surface area contributed by atoms with E-state index in [-0.39, 0.29) is 23.5 Å². The van der Waals surface area contributed by atoms with Gasteiger partial charge in [0, 0.05) is 37.2 Å². The molecule has 0 radical (unpaired) electrons. The third-order valence-corrected chi connectivity index (χ3v) is 8.54. The average molecular weight is 671 g/mol. The van der Waals surface area contributed by atoms with Crippen LogP contribution < -0.4 is 24.8 Å². The number of pyridine rings is 1. The van der Waals surface area contributed by atoms with E-state index >= 15 is 0 Å². The largest absolute Gasteiger partial charge is 0.493 e. The van der Waals surface area contributed by atoms with Gasteiger partial charge in [-0.1, -0.05) is 54.6 Å². The van der Waals surface area contributed by atoms with Crippen LogP contribution in [0.4, 0.5) is 11.4 Å². The Hall–Kier alpha value is -6.00. The number of carbonyl (C=O) groups is 3. The highest BCUT2D eigenvalue weighted by Crippen LogP contribution is 2.35. The molecule has 5 aromatic rings. The van der Waals surface area contributed by atoms with Crippen LogP contribution in [0.5, 0.6) is 17.2 Å². The van der Waals surface area contributed by atoms with E-state index in [1.165, 1.54) is 31.9 Å². The van der Waals surface area contributed by atoms with Gasteiger partial charge >= 0.3 is 0 Å². The van der Waals surface area contributed by atoms with Crippen molar-refractivity contribution in [3.05, 3.63) is 132 Å². The second kappa shape index (κ2) is 15.5. The summed E-state index contributed by atoms with van der Waals surface area (Å²) in [5.41, 5.74) is 5.96. The lowest BCUT2D eigenvalue weighted by molar-refractivity contribution is -0.122. The van der Waals surface area contributed by atoms with Crippen molar-refractivity contribution < 1.29 is 28.6 Å². The molecule has 2 N–H and O–H groups in total. The molecule has 1 aromatic heterocycles. The number of ether oxygens (including phenoxy) is 3. The van der Waals surface area contributed by atoms with Crippen molar-refractivity contribution in [1.82, 2.24) is 9.88 Å². The summed E-state index contributed by atoms with van der Waals surface area (Å²) in [5, 5.41) is 5.68. The Balaban J connectivity index is 1.08. The van der Waals surface area contributed by atoms with Gasteiger partial charge in [-0.3, -0.25) is 19.4 Å². The van der Waals surface area contributed by atoms with E-state index in [2.05, 4.69) is 57.9 Å². The van der Waals surface area contributed by atoms with Crippen LogP contribution in [-0.4, -0.2) is 61.4 Å². The average Bonchev–Trinajstić information content (AvgIpc) is 3.15. The van der Waals surface area contributed by atoms with Crippen molar-refractivity contribution in [3.63, 3.8) is 0 Å². The van der Waals surface area contributed by atoms with Gasteiger partial charge in [-0.15, -0.1) is 0 Å². The SMILES string of the molecule is COc1cc(NC(=O)C2CC(=O)c3ccccc3O2)c(C(=O)Nc2ccc(CCN(C)Cc3ccc(-c4cccnc4)cc3)cc2)cc1OC. The van der Waals surface area contributed by atoms with Gasteiger partial charge < -0.3 is 29.7 Å². The monoisotopic (exact) mass is 670 g/mol. The third kappa shape index (κ3) is 7.99. The Bertz CT molecular complexity index is 1980. The topological polar surface area (TPSA) is 119 Å². The van der Waals surface area contributed by atoms with E-state index < -0.39 is 17.9 Å². The first-order chi connectivity index (χ1) is 24.3. The van der Waals surface area contributed by atoms with Crippen molar-refractivity contribution in [2.75, 3.05) is 38.4 Å². The number of nitrogens with one attached hydrogen (secondary N) is 2. The zero-order chi connectivity index (χ0) is 35.0. The molecule has 1 atom stereocenters. The molecule has 6 rings (SSSR count). The molecular weight excluding hydrogens is 632 g/mol. The van der Waals surface area contributed by atoms with Crippen molar-refractivity contribution in [1.29, 1.82) is 0 Å². The summed E-state index contributed by atoms with van der Waals surface area (Å²) in [6.45, 7) is 1.68. The maximum absolute atomic E-state index is 13.6. The lowest BCUT2D eigenvalue weighted by atomic mass is 10.00. The van der Waals surface area contributed by atoms with E-state index in [0.29, 0.717) is 28.5 Å². The highest BCUT2D eigenvalue weighted by atomic mass is 16.5. The first-order valence-corrected chi connectivity index (χ1v) is 16.2. The summed E-state index contributed by atoms with van der Waals surface area (Å²) in [5.74, 6) is -0.242. The molecular formula is C40H38N4O6. The number of hydrogen-bond donors (Lipinski definition) is 2. The maximum Gasteiger partial charge on any atom is 0.265 e. The Kier molecular flexibility index (Phi) is 10.5. The summed E-state index contributed by atoms with van der Waals surface area (Å²) in [7, 11) is 5.02. The standard InChI is InChI=1S/C40H38N4O6/c1-44(25-27-10-14-28(15-11-27)29-7-6-19-41-24-29)20-18-26-12-16-30(17-13-26)42-39(46)32-21-36(48-2)37(49-3)22-33(32)43-40(47)38-23-34(45)31-8-4-5-9-35(31)50-38/h4-17,19,21-22,24,38H,18,20,23,25H2,1-3H3,(H,42,46)(H,43,47). The molecule has 10 nitrogen and oxygen atoms in total. The molecule has 0 spiro atoms. The van der Waals surface area contributed by atoms with E-state index in [4.69, 9.17) is 14.2 Å². The number of aromatic nitrogens is 1. The maximum atomic E-state index is 13.6. The quantitative estimate of drug-likeness (QED) is 0.151. The number of Topliss-reactive ketones (excluding diaryl/α,β-unsaturated/α-hetero) is 1. The Morgan fingerprint density at radius 3 is 2.30 bits per heavy atom. The molecule has 4 aromatic carbocycles. The van der Waals surface area contributed by atoms with Crippen molar-refractivity contribution in [3.8, 4) is 28.4 Å². The number of rotatable bonds is 12. The summed E-state index contributed by atoms with van der Waals surface area (Å²) >= 11 is 0. The number of fused-ring (bicyclic) bond motifs is 1. The number of likely N-dealkylation sites (N-methyl/N-ethyl adjacent to an activating group) is 1. The molecule has 254 valence electrons. The zero-order valence-electron chi connectivity index (χ0n) is 28.1. The number of anilines is 2. The molecule has 2 amide bonds. The number of ketones is 1. The fourth-order valence-corrected chi connectivity index (χ4v) is 5.80. The first kappa shape index (κ1) is 33.9. The van der Waals surface area contributed by atoms with Gasteiger partial charge in [-0.25, -0.2) is 0 Å². The van der Waals surface area contributed by atoms with Crippen molar-refractivity contribution in [2.45, 2.75) is 25.5 Å². The van der Waals surface area contributed by atoms with Gasteiger partial charge in [0.25, 0.3) is 11.8 Å². The molecule has 0 saturated carbocycles. The molecule has 2 heterocycles. The number of para-hydroxylation sites is 1. The smallest absolute Gasteiger partial charge is 0.265 e. The predicted octanol–water partition coefficient (Wildman–Crippen LogP) is 6.67. The zero-order valence-corrected chi connectivity index (χ0v) is 28.1. The summed E-state index contributed by atoms with van der Waals surface area (Å²) < 4.78 is 16.7. The van der Waals surface area contributed by atoms with Gasteiger partial charge in [0.15, 0.2) is 23.4 Å². The van der Waals surface area contributed by atoms with E-state index in [1.807, 2.05) is 36.5 Å². The third-order valence-electron chi connectivity index (χ3n) is 8.54. The van der Waals surface area contributed by atoms with Gasteiger partial charge in [0.1, 0.15) is 5.75 Å². The van der Waals surface area contributed by atoms with Gasteiger partial charge in [0.2, 0.25) is 0 Å². The van der Waals surface area contributed by atoms with Crippen LogP contribution in [-0.2, 0) is 17.8 Å². The molecule has 0 saturated heterocycles. The van der Waals surface area contributed by atoms with Crippen LogP contribution >= 0.6 is 0 Å². The molecule has 50 heavy (non-hydrogen) atoms. The fraction of sp³-hybridized carbons (Fsp3) is 0.200. The van der Waals surface area contributed by atoms with E-state index in [0.717, 1.165) is 36.2 Å². The highest BCUT2D eigenvalue weighted by molar-refractivity contribution is 6.12. The van der Waals surface area contributed by atoms with Crippen LogP contribution in [0.25, 0.3) is 11.1 Å². The minimum atomic E-state index is -1.06. The summed E-state index contributed by atoms with van der Waals surface area (Å²) in [6.07, 6.45) is 3.28. The van der Waals surface area contributed by atoms with Gasteiger partial charge in [-0.2, -0.15) is 0 Å². The second-order valence-corrected chi connectivity index (χ2v) is 12.0. The normalized spacial score (nSPS) is 13.6. The predicted molar refractivity (Wildman–Crippen MR) is 192 cm³/mol. The molecule has 1 aliphatic rings. The number of hydrogen-bond acceptors (Lipinski definition) is 8. The number of methoxy groups -OCH3 is 2.